The lowest BCUT2D eigenvalue weighted by molar-refractivity contribution is -0.123. The molecule has 21 heavy (non-hydrogen) atoms. The predicted octanol–water partition coefficient (Wildman–Crippen LogP) is 1.93. The monoisotopic (exact) mass is 314 g/mol. The Kier molecular flexibility index (Phi) is 5.01. The first-order valence-corrected chi connectivity index (χ1v) is 7.86. The van der Waals surface area contributed by atoms with Gasteiger partial charge in [0.25, 0.3) is 0 Å². The molecule has 0 spiro atoms. The Balaban J connectivity index is 3.28. The summed E-state index contributed by atoms with van der Waals surface area (Å²) in [4.78, 5) is 12.2. The first-order valence-electron chi connectivity index (χ1n) is 6.42. The second kappa shape index (κ2) is 6.03. The van der Waals surface area contributed by atoms with E-state index in [9.17, 15) is 13.2 Å². The van der Waals surface area contributed by atoms with Crippen LogP contribution < -0.4 is 10.1 Å². The van der Waals surface area contributed by atoms with Crippen LogP contribution in [-0.4, -0.2) is 39.8 Å². The molecular weight excluding hydrogens is 292 g/mol. The van der Waals surface area contributed by atoms with Gasteiger partial charge >= 0.3 is 0 Å². The minimum absolute atomic E-state index is 0.0949. The van der Waals surface area contributed by atoms with Crippen LogP contribution in [-0.2, 0) is 14.8 Å². The van der Waals surface area contributed by atoms with Gasteiger partial charge in [-0.3, -0.25) is 4.79 Å². The maximum Gasteiger partial charge on any atom is 0.242 e. The van der Waals surface area contributed by atoms with E-state index >= 15 is 0 Å². The molecule has 118 valence electrons. The third-order valence-electron chi connectivity index (χ3n) is 2.88. The number of sulfonamides is 1. The number of anilines is 1. The Morgan fingerprint density at radius 3 is 2.24 bits per heavy atom. The number of hydrogen-bond donors (Lipinski definition) is 1. The van der Waals surface area contributed by atoms with Crippen molar-refractivity contribution in [3.63, 3.8) is 0 Å². The number of benzene rings is 1. The van der Waals surface area contributed by atoms with Crippen LogP contribution in [0.4, 0.5) is 5.69 Å². The normalized spacial score (nSPS) is 12.3. The molecule has 1 N–H and O–H groups in total. The Bertz CT molecular complexity index is 631. The van der Waals surface area contributed by atoms with Crippen molar-refractivity contribution in [2.24, 2.45) is 5.41 Å². The number of carbonyl (C=O) groups excluding carboxylic acids is 1. The summed E-state index contributed by atoms with van der Waals surface area (Å²) in [6.45, 7) is 5.32. The largest absolute Gasteiger partial charge is 0.495 e. The summed E-state index contributed by atoms with van der Waals surface area (Å²) in [6, 6.07) is 4.37. The van der Waals surface area contributed by atoms with Crippen LogP contribution in [0.5, 0.6) is 5.75 Å². The highest BCUT2D eigenvalue weighted by Gasteiger charge is 2.24. The van der Waals surface area contributed by atoms with Crippen LogP contribution in [0.15, 0.2) is 23.1 Å². The molecule has 0 saturated heterocycles. The van der Waals surface area contributed by atoms with Gasteiger partial charge in [0.05, 0.1) is 17.7 Å². The van der Waals surface area contributed by atoms with Gasteiger partial charge in [0.2, 0.25) is 15.9 Å². The van der Waals surface area contributed by atoms with Crippen molar-refractivity contribution in [3.05, 3.63) is 18.2 Å². The highest BCUT2D eigenvalue weighted by atomic mass is 32.2. The van der Waals surface area contributed by atoms with Crippen LogP contribution in [0.25, 0.3) is 0 Å². The molecular formula is C14H22N2O4S. The zero-order valence-electron chi connectivity index (χ0n) is 13.2. The van der Waals surface area contributed by atoms with Crippen molar-refractivity contribution < 1.29 is 17.9 Å². The van der Waals surface area contributed by atoms with E-state index in [0.29, 0.717) is 11.4 Å². The fraction of sp³-hybridized carbons (Fsp3) is 0.500. The summed E-state index contributed by atoms with van der Waals surface area (Å²) in [5.41, 5.74) is -0.262. The molecule has 0 aliphatic rings. The lowest BCUT2D eigenvalue weighted by atomic mass is 9.95. The topological polar surface area (TPSA) is 75.7 Å². The molecule has 0 saturated carbocycles. The molecule has 0 aliphatic carbocycles. The maximum atomic E-state index is 12.1. The molecule has 6 nitrogen and oxygen atoms in total. The van der Waals surface area contributed by atoms with Crippen LogP contribution in [0.3, 0.4) is 0 Å². The van der Waals surface area contributed by atoms with E-state index in [2.05, 4.69) is 5.32 Å². The molecule has 0 unspecified atom stereocenters. The molecule has 0 atom stereocenters. The highest BCUT2D eigenvalue weighted by molar-refractivity contribution is 7.89. The zero-order chi connectivity index (χ0) is 16.4. The van der Waals surface area contributed by atoms with Gasteiger partial charge in [0, 0.05) is 19.5 Å². The standard InChI is InChI=1S/C14H22N2O4S/c1-14(2,3)13(17)15-11-9-10(7-8-12(11)20-6)21(18,19)16(4)5/h7-9H,1-6H3,(H,15,17). The molecule has 0 aromatic heterocycles. The van der Waals surface area contributed by atoms with Gasteiger partial charge in [-0.1, -0.05) is 20.8 Å². The second-order valence-corrected chi connectivity index (χ2v) is 8.01. The summed E-state index contributed by atoms with van der Waals surface area (Å²) in [7, 11) is 0.794. The number of amides is 1. The fourth-order valence-corrected chi connectivity index (χ4v) is 2.39. The van der Waals surface area contributed by atoms with E-state index < -0.39 is 15.4 Å². The lowest BCUT2D eigenvalue weighted by Gasteiger charge is -2.20. The van der Waals surface area contributed by atoms with Gasteiger partial charge < -0.3 is 10.1 Å². The third kappa shape index (κ3) is 3.95. The number of carbonyl (C=O) groups is 1. The number of hydrogen-bond acceptors (Lipinski definition) is 4. The number of methoxy groups -OCH3 is 1. The van der Waals surface area contributed by atoms with Gasteiger partial charge in [-0.25, -0.2) is 12.7 Å². The van der Waals surface area contributed by atoms with Gasteiger partial charge in [0.15, 0.2) is 0 Å². The van der Waals surface area contributed by atoms with Crippen molar-refractivity contribution in [1.29, 1.82) is 0 Å². The predicted molar refractivity (Wildman–Crippen MR) is 82.0 cm³/mol. The smallest absolute Gasteiger partial charge is 0.242 e. The molecule has 0 fully saturated rings. The van der Waals surface area contributed by atoms with Crippen LogP contribution >= 0.6 is 0 Å². The van der Waals surface area contributed by atoms with Crippen molar-refractivity contribution in [2.45, 2.75) is 25.7 Å². The second-order valence-electron chi connectivity index (χ2n) is 5.85. The van der Waals surface area contributed by atoms with E-state index in [4.69, 9.17) is 4.74 Å². The van der Waals surface area contributed by atoms with Crippen LogP contribution in [0.2, 0.25) is 0 Å². The average molecular weight is 314 g/mol. The summed E-state index contributed by atoms with van der Waals surface area (Å²) in [5, 5.41) is 2.71. The van der Waals surface area contributed by atoms with E-state index in [1.165, 1.54) is 39.4 Å². The number of rotatable bonds is 4. The third-order valence-corrected chi connectivity index (χ3v) is 4.69. The minimum atomic E-state index is -3.57. The molecule has 1 aromatic rings. The molecule has 0 heterocycles. The first kappa shape index (κ1) is 17.5. The summed E-state index contributed by atoms with van der Waals surface area (Å²) >= 11 is 0. The van der Waals surface area contributed by atoms with Crippen molar-refractivity contribution in [1.82, 2.24) is 4.31 Å². The first-order chi connectivity index (χ1) is 9.50. The van der Waals surface area contributed by atoms with Crippen molar-refractivity contribution >= 4 is 21.6 Å². The summed E-state index contributed by atoms with van der Waals surface area (Å²) in [6.07, 6.45) is 0. The summed E-state index contributed by atoms with van der Waals surface area (Å²) in [5.74, 6) is 0.186. The molecule has 0 aliphatic heterocycles. The Hall–Kier alpha value is -1.60. The van der Waals surface area contributed by atoms with Crippen molar-refractivity contribution in [2.75, 3.05) is 26.5 Å². The zero-order valence-corrected chi connectivity index (χ0v) is 14.0. The molecule has 1 aromatic carbocycles. The molecule has 0 bridgehead atoms. The lowest BCUT2D eigenvalue weighted by Crippen LogP contribution is -2.28. The highest BCUT2D eigenvalue weighted by Crippen LogP contribution is 2.30. The number of nitrogens with one attached hydrogen (secondary N) is 1. The van der Waals surface area contributed by atoms with Crippen molar-refractivity contribution in [3.8, 4) is 5.75 Å². The average Bonchev–Trinajstić information content (AvgIpc) is 2.37. The van der Waals surface area contributed by atoms with Crippen LogP contribution in [0.1, 0.15) is 20.8 Å². The fourth-order valence-electron chi connectivity index (χ4n) is 1.47. The molecule has 1 rings (SSSR count). The SMILES string of the molecule is COc1ccc(S(=O)(=O)N(C)C)cc1NC(=O)C(C)(C)C. The number of nitrogens with zero attached hydrogens (tertiary/aromatic N) is 1. The van der Waals surface area contributed by atoms with E-state index in [-0.39, 0.29) is 10.8 Å². The molecule has 7 heteroatoms. The van der Waals surface area contributed by atoms with Gasteiger partial charge in [-0.2, -0.15) is 0 Å². The quantitative estimate of drug-likeness (QED) is 0.921. The van der Waals surface area contributed by atoms with E-state index in [1.807, 2.05) is 0 Å². The van der Waals surface area contributed by atoms with E-state index in [1.54, 1.807) is 20.8 Å². The van der Waals surface area contributed by atoms with Crippen LogP contribution in [0, 0.1) is 5.41 Å². The summed E-state index contributed by atoms with van der Waals surface area (Å²) < 4.78 is 30.6. The van der Waals surface area contributed by atoms with Gasteiger partial charge in [0.1, 0.15) is 5.75 Å². The Morgan fingerprint density at radius 1 is 1.24 bits per heavy atom. The van der Waals surface area contributed by atoms with Gasteiger partial charge in [-0.05, 0) is 18.2 Å². The molecule has 0 radical (unpaired) electrons. The maximum absolute atomic E-state index is 12.1. The molecule has 1 amide bonds. The Labute approximate surface area is 126 Å². The van der Waals surface area contributed by atoms with E-state index in [0.717, 1.165) is 4.31 Å². The van der Waals surface area contributed by atoms with Gasteiger partial charge in [-0.15, -0.1) is 0 Å². The number of ether oxygens (including phenoxy) is 1. The minimum Gasteiger partial charge on any atom is -0.495 e. The Morgan fingerprint density at radius 2 is 1.81 bits per heavy atom.